The molecule has 4 aromatic heterocycles. The fourth-order valence-corrected chi connectivity index (χ4v) is 3.38. The smallest absolute Gasteiger partial charge is 0.192 e. The Kier molecular flexibility index (Phi) is 2.91. The first-order valence-corrected chi connectivity index (χ1v) is 8.44. The van der Waals surface area contributed by atoms with Gasteiger partial charge in [-0.2, -0.15) is 5.10 Å². The van der Waals surface area contributed by atoms with Crippen molar-refractivity contribution in [3.63, 3.8) is 0 Å². The molecule has 0 spiro atoms. The number of aromatic nitrogens is 6. The van der Waals surface area contributed by atoms with Gasteiger partial charge in [-0.05, 0) is 35.7 Å². The van der Waals surface area contributed by atoms with Crippen molar-refractivity contribution in [2.45, 2.75) is 0 Å². The maximum absolute atomic E-state index is 5.96. The number of benzene rings is 1. The van der Waals surface area contributed by atoms with Crippen LogP contribution in [0.3, 0.4) is 0 Å². The molecular formula is C16H9ClN6S. The molecule has 0 bridgehead atoms. The monoisotopic (exact) mass is 352 g/mol. The highest BCUT2D eigenvalue weighted by Gasteiger charge is 2.14. The number of hydrogen-bond donors (Lipinski definition) is 0. The summed E-state index contributed by atoms with van der Waals surface area (Å²) in [7, 11) is 0. The molecule has 8 heteroatoms. The molecular weight excluding hydrogens is 344 g/mol. The average molecular weight is 353 g/mol. The Morgan fingerprint density at radius 3 is 2.71 bits per heavy atom. The topological polar surface area (TPSA) is 60.9 Å². The fraction of sp³-hybridized carbons (Fsp3) is 0. The van der Waals surface area contributed by atoms with E-state index < -0.39 is 0 Å². The zero-order chi connectivity index (χ0) is 16.1. The number of thiophene rings is 1. The molecule has 116 valence electrons. The van der Waals surface area contributed by atoms with Gasteiger partial charge in [-0.25, -0.2) is 19.2 Å². The van der Waals surface area contributed by atoms with Crippen LogP contribution in [0.15, 0.2) is 54.3 Å². The van der Waals surface area contributed by atoms with Crippen LogP contribution in [0.25, 0.3) is 33.1 Å². The minimum absolute atomic E-state index is 0.684. The SMILES string of the molecule is Clc1ccc(-n2ncc3c2ncn2nc(-c4cccs4)nc32)cc1. The first-order chi connectivity index (χ1) is 11.8. The lowest BCUT2D eigenvalue weighted by Crippen LogP contribution is -1.98. The lowest BCUT2D eigenvalue weighted by Gasteiger charge is -2.02. The predicted octanol–water partition coefficient (Wildman–Crippen LogP) is 3.85. The van der Waals surface area contributed by atoms with Gasteiger partial charge in [0.25, 0.3) is 0 Å². The normalized spacial score (nSPS) is 11.5. The van der Waals surface area contributed by atoms with Crippen LogP contribution in [0.2, 0.25) is 5.02 Å². The van der Waals surface area contributed by atoms with E-state index in [4.69, 9.17) is 11.6 Å². The minimum atomic E-state index is 0.684. The number of nitrogens with zero attached hydrogens (tertiary/aromatic N) is 6. The Bertz CT molecular complexity index is 1160. The predicted molar refractivity (Wildman–Crippen MR) is 93.7 cm³/mol. The Balaban J connectivity index is 1.73. The van der Waals surface area contributed by atoms with Crippen LogP contribution < -0.4 is 0 Å². The third-order valence-electron chi connectivity index (χ3n) is 3.72. The van der Waals surface area contributed by atoms with Crippen LogP contribution in [0, 0.1) is 0 Å². The van der Waals surface area contributed by atoms with E-state index in [-0.39, 0.29) is 0 Å². The summed E-state index contributed by atoms with van der Waals surface area (Å²) in [5.41, 5.74) is 2.36. The van der Waals surface area contributed by atoms with Crippen molar-refractivity contribution in [1.29, 1.82) is 0 Å². The molecule has 0 radical (unpaired) electrons. The number of rotatable bonds is 2. The molecule has 0 unspecified atom stereocenters. The Hall–Kier alpha value is -2.77. The maximum Gasteiger partial charge on any atom is 0.192 e. The third kappa shape index (κ3) is 2.02. The summed E-state index contributed by atoms with van der Waals surface area (Å²) in [6, 6.07) is 11.5. The van der Waals surface area contributed by atoms with Gasteiger partial charge in [-0.1, -0.05) is 17.7 Å². The van der Waals surface area contributed by atoms with Crippen LogP contribution in [-0.2, 0) is 0 Å². The van der Waals surface area contributed by atoms with Crippen molar-refractivity contribution in [2.24, 2.45) is 0 Å². The molecule has 0 aliphatic rings. The highest BCUT2D eigenvalue weighted by molar-refractivity contribution is 7.13. The second-order valence-corrected chi connectivity index (χ2v) is 6.58. The standard InChI is InChI=1S/C16H9ClN6S/c17-10-3-5-11(6-4-10)23-15-12(8-19-23)16-20-14(13-2-1-7-24-13)21-22(16)9-18-15/h1-9H. The van der Waals surface area contributed by atoms with E-state index in [0.29, 0.717) is 10.8 Å². The van der Waals surface area contributed by atoms with E-state index in [1.165, 1.54) is 0 Å². The van der Waals surface area contributed by atoms with Gasteiger partial charge in [0.1, 0.15) is 6.33 Å². The maximum atomic E-state index is 5.96. The molecule has 1 aromatic carbocycles. The van der Waals surface area contributed by atoms with Crippen molar-refractivity contribution in [3.05, 3.63) is 59.3 Å². The van der Waals surface area contributed by atoms with E-state index in [2.05, 4.69) is 20.2 Å². The highest BCUT2D eigenvalue weighted by Crippen LogP contribution is 2.25. The molecule has 0 N–H and O–H groups in total. The minimum Gasteiger partial charge on any atom is -0.216 e. The zero-order valence-corrected chi connectivity index (χ0v) is 13.7. The second-order valence-electron chi connectivity index (χ2n) is 5.20. The summed E-state index contributed by atoms with van der Waals surface area (Å²) in [6.45, 7) is 0. The second kappa shape index (κ2) is 5.12. The highest BCUT2D eigenvalue weighted by atomic mass is 35.5. The average Bonchev–Trinajstić information content (AvgIpc) is 3.33. The molecule has 0 fully saturated rings. The zero-order valence-electron chi connectivity index (χ0n) is 12.2. The fourth-order valence-electron chi connectivity index (χ4n) is 2.60. The molecule has 24 heavy (non-hydrogen) atoms. The van der Waals surface area contributed by atoms with Crippen LogP contribution in [0.1, 0.15) is 0 Å². The lowest BCUT2D eigenvalue weighted by molar-refractivity contribution is 0.883. The van der Waals surface area contributed by atoms with Gasteiger partial charge < -0.3 is 0 Å². The summed E-state index contributed by atoms with van der Waals surface area (Å²) in [5, 5.41) is 12.5. The molecule has 0 amide bonds. The van der Waals surface area contributed by atoms with Gasteiger partial charge in [0, 0.05) is 5.02 Å². The molecule has 5 rings (SSSR count). The van der Waals surface area contributed by atoms with Crippen molar-refractivity contribution >= 4 is 39.6 Å². The number of halogens is 1. The Morgan fingerprint density at radius 1 is 1.04 bits per heavy atom. The van der Waals surface area contributed by atoms with Gasteiger partial charge in [0.15, 0.2) is 17.1 Å². The molecule has 0 aliphatic heterocycles. The van der Waals surface area contributed by atoms with Gasteiger partial charge in [-0.3, -0.25) is 0 Å². The van der Waals surface area contributed by atoms with E-state index in [9.17, 15) is 0 Å². The molecule has 0 atom stereocenters. The van der Waals surface area contributed by atoms with Gasteiger partial charge in [0.2, 0.25) is 0 Å². The van der Waals surface area contributed by atoms with E-state index in [1.54, 1.807) is 33.1 Å². The number of fused-ring (bicyclic) bond motifs is 3. The van der Waals surface area contributed by atoms with Crippen molar-refractivity contribution in [3.8, 4) is 16.4 Å². The van der Waals surface area contributed by atoms with E-state index >= 15 is 0 Å². The molecule has 5 aromatic rings. The van der Waals surface area contributed by atoms with Crippen LogP contribution in [0.5, 0.6) is 0 Å². The Morgan fingerprint density at radius 2 is 1.92 bits per heavy atom. The first-order valence-electron chi connectivity index (χ1n) is 7.18. The molecule has 0 saturated carbocycles. The van der Waals surface area contributed by atoms with Gasteiger partial charge in [0.05, 0.1) is 22.1 Å². The molecule has 0 saturated heterocycles. The summed E-state index contributed by atoms with van der Waals surface area (Å²) in [6.07, 6.45) is 3.43. The van der Waals surface area contributed by atoms with E-state index in [0.717, 1.165) is 27.2 Å². The Labute approximate surface area is 145 Å². The lowest BCUT2D eigenvalue weighted by atomic mass is 10.3. The van der Waals surface area contributed by atoms with Crippen LogP contribution >= 0.6 is 22.9 Å². The molecule has 0 aliphatic carbocycles. The van der Waals surface area contributed by atoms with Crippen molar-refractivity contribution in [2.75, 3.05) is 0 Å². The van der Waals surface area contributed by atoms with Crippen molar-refractivity contribution in [1.82, 2.24) is 29.4 Å². The summed E-state index contributed by atoms with van der Waals surface area (Å²) < 4.78 is 3.45. The third-order valence-corrected chi connectivity index (χ3v) is 4.84. The largest absolute Gasteiger partial charge is 0.216 e. The van der Waals surface area contributed by atoms with Gasteiger partial charge in [-0.15, -0.1) is 16.4 Å². The van der Waals surface area contributed by atoms with Crippen molar-refractivity contribution < 1.29 is 0 Å². The first kappa shape index (κ1) is 13.6. The number of hydrogen-bond acceptors (Lipinski definition) is 5. The quantitative estimate of drug-likeness (QED) is 0.484. The van der Waals surface area contributed by atoms with E-state index in [1.807, 2.05) is 41.8 Å². The molecule has 6 nitrogen and oxygen atoms in total. The summed E-state index contributed by atoms with van der Waals surface area (Å²) in [4.78, 5) is 10.2. The van der Waals surface area contributed by atoms with Crippen LogP contribution in [0.4, 0.5) is 0 Å². The summed E-state index contributed by atoms with van der Waals surface area (Å²) in [5.74, 6) is 0.693. The van der Waals surface area contributed by atoms with Gasteiger partial charge >= 0.3 is 0 Å². The molecule has 4 heterocycles. The summed E-state index contributed by atoms with van der Waals surface area (Å²) >= 11 is 7.56. The van der Waals surface area contributed by atoms with Crippen LogP contribution in [-0.4, -0.2) is 29.4 Å².